The molecule has 1 aromatic rings. The van der Waals surface area contributed by atoms with Gasteiger partial charge in [0, 0.05) is 31.9 Å². The Kier molecular flexibility index (Phi) is 3.91. The molecule has 1 N–H and O–H groups in total. The van der Waals surface area contributed by atoms with Crippen LogP contribution >= 0.6 is 0 Å². The van der Waals surface area contributed by atoms with Crippen molar-refractivity contribution < 1.29 is 0 Å². The molecule has 3 heteroatoms. The lowest BCUT2D eigenvalue weighted by Gasteiger charge is -2.21. The van der Waals surface area contributed by atoms with Crippen LogP contribution in [0.15, 0.2) is 18.3 Å². The second kappa shape index (κ2) is 5.27. The monoisotopic (exact) mass is 247 g/mol. The molecule has 0 spiro atoms. The molecule has 0 atom stereocenters. The first-order valence-electron chi connectivity index (χ1n) is 6.85. The van der Waals surface area contributed by atoms with Crippen molar-refractivity contribution in [3.8, 4) is 0 Å². The molecule has 0 radical (unpaired) electrons. The van der Waals surface area contributed by atoms with Crippen molar-refractivity contribution in [2.45, 2.75) is 45.7 Å². The molecule has 0 bridgehead atoms. The maximum Gasteiger partial charge on any atom is 0.128 e. The van der Waals surface area contributed by atoms with Crippen LogP contribution in [0.1, 0.15) is 39.2 Å². The highest BCUT2D eigenvalue weighted by atomic mass is 15.2. The minimum atomic E-state index is 0.154. The smallest absolute Gasteiger partial charge is 0.128 e. The molecule has 0 amide bonds. The standard InChI is InChI=1S/C15H25N3/c1-15(2,3)17-10-13-7-8-14(16-9-13)18(4)11-12-5-6-12/h7-9,12,17H,5-6,10-11H2,1-4H3. The molecule has 18 heavy (non-hydrogen) atoms. The second-order valence-electron chi connectivity index (χ2n) is 6.45. The number of hydrogen-bond donors (Lipinski definition) is 1. The van der Waals surface area contributed by atoms with E-state index < -0.39 is 0 Å². The first-order valence-corrected chi connectivity index (χ1v) is 6.85. The quantitative estimate of drug-likeness (QED) is 0.867. The van der Waals surface area contributed by atoms with Gasteiger partial charge >= 0.3 is 0 Å². The zero-order valence-corrected chi connectivity index (χ0v) is 12.0. The van der Waals surface area contributed by atoms with Gasteiger partial charge < -0.3 is 10.2 Å². The maximum atomic E-state index is 4.55. The number of hydrogen-bond acceptors (Lipinski definition) is 3. The van der Waals surface area contributed by atoms with E-state index in [4.69, 9.17) is 0 Å². The zero-order chi connectivity index (χ0) is 13.2. The molecule has 1 aliphatic rings. The predicted molar refractivity (Wildman–Crippen MR) is 76.8 cm³/mol. The number of aromatic nitrogens is 1. The summed E-state index contributed by atoms with van der Waals surface area (Å²) in [5.41, 5.74) is 1.40. The van der Waals surface area contributed by atoms with Crippen LogP contribution in [0, 0.1) is 5.92 Å². The summed E-state index contributed by atoms with van der Waals surface area (Å²) >= 11 is 0. The molecule has 100 valence electrons. The van der Waals surface area contributed by atoms with E-state index in [-0.39, 0.29) is 5.54 Å². The average molecular weight is 247 g/mol. The Hall–Kier alpha value is -1.09. The fourth-order valence-corrected chi connectivity index (χ4v) is 1.90. The van der Waals surface area contributed by atoms with Crippen molar-refractivity contribution in [2.75, 3.05) is 18.5 Å². The summed E-state index contributed by atoms with van der Waals surface area (Å²) in [6.07, 6.45) is 4.76. The summed E-state index contributed by atoms with van der Waals surface area (Å²) in [5.74, 6) is 1.99. The van der Waals surface area contributed by atoms with E-state index >= 15 is 0 Å². The highest BCUT2D eigenvalue weighted by Crippen LogP contribution is 2.30. The van der Waals surface area contributed by atoms with Crippen LogP contribution in [0.4, 0.5) is 5.82 Å². The van der Waals surface area contributed by atoms with Gasteiger partial charge in [-0.2, -0.15) is 0 Å². The molecule has 3 nitrogen and oxygen atoms in total. The molecule has 1 saturated carbocycles. The van der Waals surface area contributed by atoms with E-state index in [0.717, 1.165) is 24.8 Å². The Labute approximate surface area is 111 Å². The maximum absolute atomic E-state index is 4.55. The Morgan fingerprint density at radius 3 is 2.56 bits per heavy atom. The van der Waals surface area contributed by atoms with Crippen molar-refractivity contribution in [3.63, 3.8) is 0 Å². The van der Waals surface area contributed by atoms with E-state index in [2.05, 4.69) is 55.2 Å². The predicted octanol–water partition coefficient (Wildman–Crippen LogP) is 2.82. The molecule has 1 aliphatic carbocycles. The molecule has 1 heterocycles. The van der Waals surface area contributed by atoms with Gasteiger partial charge in [-0.05, 0) is 51.2 Å². The average Bonchev–Trinajstić information content (AvgIpc) is 3.10. The van der Waals surface area contributed by atoms with Crippen molar-refractivity contribution >= 4 is 5.82 Å². The minimum Gasteiger partial charge on any atom is -0.359 e. The fraction of sp³-hybridized carbons (Fsp3) is 0.667. The Morgan fingerprint density at radius 1 is 1.33 bits per heavy atom. The molecule has 0 unspecified atom stereocenters. The SMILES string of the molecule is CN(CC1CC1)c1ccc(CNC(C)(C)C)cn1. The van der Waals surface area contributed by atoms with Crippen LogP contribution in [0.2, 0.25) is 0 Å². The number of pyridine rings is 1. The van der Waals surface area contributed by atoms with E-state index in [9.17, 15) is 0 Å². The number of rotatable bonds is 5. The van der Waals surface area contributed by atoms with Crippen LogP contribution in [0.25, 0.3) is 0 Å². The van der Waals surface area contributed by atoms with Crippen LogP contribution in [0.3, 0.4) is 0 Å². The minimum absolute atomic E-state index is 0.154. The molecule has 1 fully saturated rings. The Morgan fingerprint density at radius 2 is 2.06 bits per heavy atom. The topological polar surface area (TPSA) is 28.2 Å². The van der Waals surface area contributed by atoms with E-state index in [1.54, 1.807) is 0 Å². The van der Waals surface area contributed by atoms with Gasteiger partial charge in [-0.3, -0.25) is 0 Å². The molecule has 0 aromatic carbocycles. The van der Waals surface area contributed by atoms with Gasteiger partial charge in [0.05, 0.1) is 0 Å². The molecule has 0 saturated heterocycles. The lowest BCUT2D eigenvalue weighted by Crippen LogP contribution is -2.35. The molecular formula is C15H25N3. The van der Waals surface area contributed by atoms with Gasteiger partial charge in [0.1, 0.15) is 5.82 Å². The van der Waals surface area contributed by atoms with Crippen LogP contribution in [-0.4, -0.2) is 24.1 Å². The largest absolute Gasteiger partial charge is 0.359 e. The first kappa shape index (κ1) is 13.3. The summed E-state index contributed by atoms with van der Waals surface area (Å²) in [6, 6.07) is 4.30. The second-order valence-corrected chi connectivity index (χ2v) is 6.45. The molecule has 1 aromatic heterocycles. The number of nitrogens with one attached hydrogen (secondary N) is 1. The number of nitrogens with zero attached hydrogens (tertiary/aromatic N) is 2. The zero-order valence-electron chi connectivity index (χ0n) is 12.0. The summed E-state index contributed by atoms with van der Waals surface area (Å²) in [5, 5.41) is 3.48. The van der Waals surface area contributed by atoms with Crippen molar-refractivity contribution in [3.05, 3.63) is 23.9 Å². The van der Waals surface area contributed by atoms with Crippen LogP contribution in [0.5, 0.6) is 0 Å². The number of anilines is 1. The summed E-state index contributed by atoms with van der Waals surface area (Å²) in [4.78, 5) is 6.81. The van der Waals surface area contributed by atoms with Gasteiger partial charge in [-0.25, -0.2) is 4.98 Å². The van der Waals surface area contributed by atoms with Gasteiger partial charge in [-0.15, -0.1) is 0 Å². The lowest BCUT2D eigenvalue weighted by molar-refractivity contribution is 0.424. The molecular weight excluding hydrogens is 222 g/mol. The third kappa shape index (κ3) is 4.30. The lowest BCUT2D eigenvalue weighted by atomic mass is 10.1. The Balaban J connectivity index is 1.88. The van der Waals surface area contributed by atoms with Crippen LogP contribution < -0.4 is 10.2 Å². The van der Waals surface area contributed by atoms with Crippen molar-refractivity contribution in [1.29, 1.82) is 0 Å². The molecule has 2 rings (SSSR count). The third-order valence-corrected chi connectivity index (χ3v) is 3.25. The normalized spacial score (nSPS) is 15.8. The fourth-order valence-electron chi connectivity index (χ4n) is 1.90. The third-order valence-electron chi connectivity index (χ3n) is 3.25. The summed E-state index contributed by atoms with van der Waals surface area (Å²) < 4.78 is 0. The van der Waals surface area contributed by atoms with E-state index in [1.807, 2.05) is 6.20 Å². The van der Waals surface area contributed by atoms with Gasteiger partial charge in [-0.1, -0.05) is 6.07 Å². The van der Waals surface area contributed by atoms with E-state index in [1.165, 1.54) is 18.4 Å². The molecule has 0 aliphatic heterocycles. The summed E-state index contributed by atoms with van der Waals surface area (Å²) in [6.45, 7) is 8.56. The summed E-state index contributed by atoms with van der Waals surface area (Å²) in [7, 11) is 2.13. The Bertz CT molecular complexity index is 374. The van der Waals surface area contributed by atoms with Gasteiger partial charge in [0.15, 0.2) is 0 Å². The highest BCUT2D eigenvalue weighted by molar-refractivity contribution is 5.38. The van der Waals surface area contributed by atoms with Crippen LogP contribution in [-0.2, 0) is 6.54 Å². The van der Waals surface area contributed by atoms with Gasteiger partial charge in [0.2, 0.25) is 0 Å². The van der Waals surface area contributed by atoms with Gasteiger partial charge in [0.25, 0.3) is 0 Å². The first-order chi connectivity index (χ1) is 8.44. The van der Waals surface area contributed by atoms with Crippen molar-refractivity contribution in [1.82, 2.24) is 10.3 Å². The van der Waals surface area contributed by atoms with E-state index in [0.29, 0.717) is 0 Å². The highest BCUT2D eigenvalue weighted by Gasteiger charge is 2.23. The van der Waals surface area contributed by atoms with Crippen molar-refractivity contribution in [2.24, 2.45) is 5.92 Å².